The molecular formula is C43H63BN10O13S. The van der Waals surface area contributed by atoms with Crippen LogP contribution in [0.2, 0.25) is 0 Å². The zero-order valence-corrected chi connectivity index (χ0v) is 39.6. The van der Waals surface area contributed by atoms with Crippen molar-refractivity contribution in [2.45, 2.75) is 101 Å². The number of nitrogens with two attached hydrogens (primary N) is 2. The number of aliphatic imine (C=N–C) groups is 1. The van der Waals surface area contributed by atoms with Crippen molar-refractivity contribution in [3.63, 3.8) is 0 Å². The van der Waals surface area contributed by atoms with Gasteiger partial charge >= 0.3 is 13.3 Å². The Morgan fingerprint density at radius 1 is 0.779 bits per heavy atom. The fourth-order valence-electron chi connectivity index (χ4n) is 6.88. The molecule has 0 spiro atoms. The maximum atomic E-state index is 14.2. The molecule has 3 rings (SSSR count). The molecule has 14 N–H and O–H groups in total. The normalized spacial score (nSPS) is 14.4. The van der Waals surface area contributed by atoms with Gasteiger partial charge in [-0.3, -0.25) is 33.8 Å². The lowest BCUT2D eigenvalue weighted by Gasteiger charge is -2.28. The van der Waals surface area contributed by atoms with E-state index in [1.165, 1.54) is 44.2 Å². The summed E-state index contributed by atoms with van der Waals surface area (Å²) in [7, 11) is -3.27. The zero-order valence-electron chi connectivity index (χ0n) is 38.8. The van der Waals surface area contributed by atoms with Crippen LogP contribution in [0.1, 0.15) is 58.9 Å². The van der Waals surface area contributed by atoms with Crippen LogP contribution in [0.4, 0.5) is 5.69 Å². The Morgan fingerprint density at radius 3 is 1.99 bits per heavy atom. The van der Waals surface area contributed by atoms with Crippen molar-refractivity contribution in [1.29, 1.82) is 0 Å². The van der Waals surface area contributed by atoms with Crippen LogP contribution in [0.5, 0.6) is 5.75 Å². The average Bonchev–Trinajstić information content (AvgIpc) is 3.28. The summed E-state index contributed by atoms with van der Waals surface area (Å²) >= 11 is 0. The monoisotopic (exact) mass is 970 g/mol. The van der Waals surface area contributed by atoms with Gasteiger partial charge in [0.05, 0.1) is 17.5 Å². The number of benzene rings is 3. The van der Waals surface area contributed by atoms with Gasteiger partial charge in [-0.2, -0.15) is 4.72 Å². The second-order valence-corrected chi connectivity index (χ2v) is 17.9. The van der Waals surface area contributed by atoms with Gasteiger partial charge in [0.15, 0.2) is 5.96 Å². The molecule has 23 nitrogen and oxygen atoms in total. The molecular weight excluding hydrogens is 907 g/mol. The van der Waals surface area contributed by atoms with E-state index in [0.717, 1.165) is 5.69 Å². The SMILES string of the molecule is CCC(NC(=O)[C@@H](NC(=O)[C@@H](NC(=O)CNC(=O)[C@H](CCCN=C(N)N)NC(=O)[C@H](Cc1ccc(O)cc1)NS(=O)(=O)c1cccc2c(N(C)C)cccc12)[C@@H](C)CC)[C@@H](C)O)C(=O)OB(O)O. The van der Waals surface area contributed by atoms with Gasteiger partial charge in [-0.15, -0.1) is 0 Å². The molecule has 25 heteroatoms. The van der Waals surface area contributed by atoms with Crippen LogP contribution in [-0.4, -0.2) is 141 Å². The Kier molecular flexibility index (Phi) is 21.4. The number of carbonyl (C=O) groups is 6. The van der Waals surface area contributed by atoms with Gasteiger partial charge in [0, 0.05) is 37.1 Å². The van der Waals surface area contributed by atoms with Gasteiger partial charge in [0.25, 0.3) is 0 Å². The summed E-state index contributed by atoms with van der Waals surface area (Å²) in [5, 5.41) is 51.5. The summed E-state index contributed by atoms with van der Waals surface area (Å²) in [6.45, 7) is 5.33. The third kappa shape index (κ3) is 16.7. The molecule has 7 atom stereocenters. The van der Waals surface area contributed by atoms with Crippen LogP contribution in [0.3, 0.4) is 0 Å². The minimum atomic E-state index is -4.45. The average molecular weight is 971 g/mol. The van der Waals surface area contributed by atoms with Crippen LogP contribution in [0.15, 0.2) is 70.6 Å². The molecule has 5 amide bonds. The number of phenolic OH excluding ortho intramolecular Hbond substituents is 1. The number of nitrogens with zero attached hydrogens (tertiary/aromatic N) is 2. The first kappa shape index (κ1) is 55.8. The number of phenols is 1. The Balaban J connectivity index is 1.86. The number of sulfonamides is 1. The molecule has 0 saturated carbocycles. The third-order valence-electron chi connectivity index (χ3n) is 10.7. The number of nitrogens with one attached hydrogen (secondary N) is 6. The van der Waals surface area contributed by atoms with Crippen LogP contribution in [0, 0.1) is 5.92 Å². The molecule has 0 aliphatic carbocycles. The Morgan fingerprint density at radius 2 is 1.40 bits per heavy atom. The molecule has 0 aromatic heterocycles. The summed E-state index contributed by atoms with van der Waals surface area (Å²) in [4.78, 5) is 86.0. The van der Waals surface area contributed by atoms with Gasteiger partial charge in [0.2, 0.25) is 39.6 Å². The number of guanidine groups is 1. The molecule has 3 aromatic carbocycles. The van der Waals surface area contributed by atoms with Gasteiger partial charge in [0.1, 0.15) is 36.0 Å². The lowest BCUT2D eigenvalue weighted by molar-refractivity contribution is -0.143. The molecule has 0 bridgehead atoms. The van der Waals surface area contributed by atoms with Crippen molar-refractivity contribution >= 4 is 75.3 Å². The predicted molar refractivity (Wildman–Crippen MR) is 253 cm³/mol. The van der Waals surface area contributed by atoms with E-state index in [4.69, 9.17) is 21.5 Å². The number of carbonyl (C=O) groups excluding carboxylic acids is 6. The maximum absolute atomic E-state index is 14.2. The molecule has 372 valence electrons. The van der Waals surface area contributed by atoms with E-state index in [-0.39, 0.29) is 48.8 Å². The fraction of sp³-hybridized carbons (Fsp3) is 0.465. The summed E-state index contributed by atoms with van der Waals surface area (Å²) in [5.74, 6) is -6.65. The smallest absolute Gasteiger partial charge is 0.508 e. The zero-order chi connectivity index (χ0) is 50.9. The highest BCUT2D eigenvalue weighted by Crippen LogP contribution is 2.30. The topological polar surface area (TPSA) is 367 Å². The van der Waals surface area contributed by atoms with Crippen molar-refractivity contribution in [2.75, 3.05) is 32.1 Å². The number of aliphatic hydroxyl groups is 1. The minimum Gasteiger partial charge on any atom is -0.508 e. The fourth-order valence-corrected chi connectivity index (χ4v) is 8.30. The van der Waals surface area contributed by atoms with E-state index < -0.39 is 102 Å². The lowest BCUT2D eigenvalue weighted by atomic mass is 9.97. The van der Waals surface area contributed by atoms with Gasteiger partial charge < -0.3 is 67.9 Å². The predicted octanol–water partition coefficient (Wildman–Crippen LogP) is -2.04. The number of anilines is 1. The number of rotatable bonds is 26. The van der Waals surface area contributed by atoms with E-state index in [1.54, 1.807) is 38.1 Å². The van der Waals surface area contributed by atoms with Crippen molar-refractivity contribution in [2.24, 2.45) is 22.4 Å². The molecule has 0 heterocycles. The summed E-state index contributed by atoms with van der Waals surface area (Å²) in [5.41, 5.74) is 12.2. The standard InChI is InChI=1S/C43H63BN10O13S/c1-7-24(3)36(40(60)52-37(25(4)55)41(61)49-30(8-2)42(62)67-44(63)64)51-35(57)23-48-38(58)31(14-11-21-47-43(45)46)50-39(59)32(22-26-17-19-27(56)20-18-26)53-68(65,66)34-16-10-12-28-29(34)13-9-15-33(28)54(5)6/h9-10,12-13,15-20,24-25,30-32,36-37,53,55-56,63-64H,7-8,11,14,21-23H2,1-6H3,(H,48,58)(H,49,61)(H,50,59)(H,51,57)(H,52,60)(H4,45,46,47)/t24-,25+,30?,31-,32-,36-,37-/m0/s1. The first-order chi connectivity index (χ1) is 32.0. The highest BCUT2D eigenvalue weighted by molar-refractivity contribution is 7.89. The van der Waals surface area contributed by atoms with Crippen molar-refractivity contribution in [3.8, 4) is 5.75 Å². The van der Waals surface area contributed by atoms with Gasteiger partial charge in [-0.25, -0.2) is 8.42 Å². The highest BCUT2D eigenvalue weighted by atomic mass is 32.2. The molecule has 0 aliphatic rings. The largest absolute Gasteiger partial charge is 0.709 e. The number of hydrogen-bond acceptors (Lipinski definition) is 15. The van der Waals surface area contributed by atoms with E-state index in [2.05, 4.69) is 41.0 Å². The molecule has 0 radical (unpaired) electrons. The number of aliphatic hydroxyl groups excluding tert-OH is 1. The summed E-state index contributed by atoms with van der Waals surface area (Å²) in [6, 6.07) is 8.39. The Labute approximate surface area is 395 Å². The molecule has 0 aliphatic heterocycles. The van der Waals surface area contributed by atoms with Crippen LogP contribution < -0.4 is 47.7 Å². The number of amides is 5. The van der Waals surface area contributed by atoms with E-state index in [0.29, 0.717) is 22.8 Å². The molecule has 68 heavy (non-hydrogen) atoms. The molecule has 0 fully saturated rings. The first-order valence-corrected chi connectivity index (χ1v) is 23.2. The number of hydrogen-bond donors (Lipinski definition) is 12. The third-order valence-corrected chi connectivity index (χ3v) is 12.3. The Hall–Kier alpha value is -6.54. The highest BCUT2D eigenvalue weighted by Gasteiger charge is 2.35. The number of fused-ring (bicyclic) bond motifs is 1. The van der Waals surface area contributed by atoms with Crippen LogP contribution in [0.25, 0.3) is 10.8 Å². The van der Waals surface area contributed by atoms with Crippen LogP contribution in [-0.2, 0) is 49.9 Å². The second-order valence-electron chi connectivity index (χ2n) is 16.2. The maximum Gasteiger partial charge on any atom is 0.709 e. The molecule has 0 saturated heterocycles. The van der Waals surface area contributed by atoms with Crippen molar-refractivity contribution < 1.29 is 62.1 Å². The van der Waals surface area contributed by atoms with Gasteiger partial charge in [-0.1, -0.05) is 63.6 Å². The second kappa shape index (κ2) is 26.1. The quantitative estimate of drug-likeness (QED) is 0.0178. The first-order valence-electron chi connectivity index (χ1n) is 21.8. The van der Waals surface area contributed by atoms with E-state index >= 15 is 0 Å². The van der Waals surface area contributed by atoms with Crippen LogP contribution >= 0.6 is 0 Å². The minimum absolute atomic E-state index is 0.0359. The van der Waals surface area contributed by atoms with Crippen molar-refractivity contribution in [1.82, 2.24) is 31.3 Å². The molecule has 3 aromatic rings. The van der Waals surface area contributed by atoms with Crippen molar-refractivity contribution in [3.05, 3.63) is 66.2 Å². The van der Waals surface area contributed by atoms with E-state index in [9.17, 15) is 47.4 Å². The van der Waals surface area contributed by atoms with E-state index in [1.807, 2.05) is 25.1 Å². The van der Waals surface area contributed by atoms with Gasteiger partial charge in [-0.05, 0) is 68.4 Å². The Bertz CT molecular complexity index is 2370. The summed E-state index contributed by atoms with van der Waals surface area (Å²) in [6.07, 6.45) is -1.42. The molecule has 1 unspecified atom stereocenters. The summed E-state index contributed by atoms with van der Waals surface area (Å²) < 4.78 is 35.2. The number of aromatic hydroxyl groups is 1. The lowest BCUT2D eigenvalue weighted by Crippen LogP contribution is -2.60.